The number of pyridine rings is 1. The monoisotopic (exact) mass is 290 g/mol. The third kappa shape index (κ3) is 2.49. The largest absolute Gasteiger partial charge is 0.433 e. The normalized spacial score (nSPS) is 11.8. The molecule has 21 heavy (non-hydrogen) atoms. The Morgan fingerprint density at radius 3 is 2.62 bits per heavy atom. The quantitative estimate of drug-likeness (QED) is 0.747. The van der Waals surface area contributed by atoms with Crippen LogP contribution in [0.25, 0.3) is 22.0 Å². The van der Waals surface area contributed by atoms with Gasteiger partial charge in [-0.3, -0.25) is 4.98 Å². The van der Waals surface area contributed by atoms with Crippen molar-refractivity contribution >= 4 is 16.7 Å². The number of fused-ring (bicyclic) bond motifs is 1. The van der Waals surface area contributed by atoms with Crippen molar-refractivity contribution in [1.82, 2.24) is 15.0 Å². The Labute approximate surface area is 117 Å². The molecule has 0 saturated heterocycles. The summed E-state index contributed by atoms with van der Waals surface area (Å²) in [5.74, 6) is -0.411. The smallest absolute Gasteiger partial charge is 0.368 e. The molecule has 0 radical (unpaired) electrons. The predicted molar refractivity (Wildman–Crippen MR) is 72.2 cm³/mol. The van der Waals surface area contributed by atoms with E-state index in [0.29, 0.717) is 5.56 Å². The predicted octanol–water partition coefficient (Wildman–Crippen LogP) is 3.29. The zero-order valence-corrected chi connectivity index (χ0v) is 10.6. The number of anilines is 1. The number of nitrogens with zero attached hydrogens (tertiary/aromatic N) is 3. The minimum atomic E-state index is -4.57. The molecule has 7 heteroatoms. The summed E-state index contributed by atoms with van der Waals surface area (Å²) < 4.78 is 38.5. The van der Waals surface area contributed by atoms with Crippen molar-refractivity contribution in [2.75, 3.05) is 5.73 Å². The van der Waals surface area contributed by atoms with E-state index in [4.69, 9.17) is 5.73 Å². The fourth-order valence-corrected chi connectivity index (χ4v) is 2.09. The number of alkyl halides is 3. The van der Waals surface area contributed by atoms with Crippen LogP contribution in [0.1, 0.15) is 5.69 Å². The average molecular weight is 290 g/mol. The maximum absolute atomic E-state index is 12.8. The standard InChI is InChI=1S/C14H9F3N4/c15-14(16,17)12-6-11(20-13(18)21-12)10-3-1-2-8-7-19-5-4-9(8)10/h1-7H,(H2,18,20,21). The van der Waals surface area contributed by atoms with Crippen LogP contribution < -0.4 is 5.73 Å². The number of hydrogen-bond acceptors (Lipinski definition) is 4. The first kappa shape index (κ1) is 13.3. The number of hydrogen-bond donors (Lipinski definition) is 1. The van der Waals surface area contributed by atoms with Gasteiger partial charge in [0.25, 0.3) is 0 Å². The van der Waals surface area contributed by atoms with Crippen LogP contribution in [0.2, 0.25) is 0 Å². The first-order chi connectivity index (χ1) is 9.95. The number of benzene rings is 1. The Kier molecular flexibility index (Phi) is 2.97. The Balaban J connectivity index is 2.26. The van der Waals surface area contributed by atoms with Gasteiger partial charge in [-0.05, 0) is 17.5 Å². The Hall–Kier alpha value is -2.70. The highest BCUT2D eigenvalue weighted by atomic mass is 19.4. The van der Waals surface area contributed by atoms with E-state index in [1.165, 1.54) is 0 Å². The molecule has 0 unspecified atom stereocenters. The third-order valence-electron chi connectivity index (χ3n) is 2.99. The molecule has 3 aromatic rings. The van der Waals surface area contributed by atoms with E-state index in [-0.39, 0.29) is 5.69 Å². The molecule has 0 aliphatic heterocycles. The summed E-state index contributed by atoms with van der Waals surface area (Å²) >= 11 is 0. The molecular formula is C14H9F3N4. The number of halogens is 3. The first-order valence-electron chi connectivity index (χ1n) is 6.00. The number of aromatic nitrogens is 3. The van der Waals surface area contributed by atoms with Crippen molar-refractivity contribution in [2.45, 2.75) is 6.18 Å². The summed E-state index contributed by atoms with van der Waals surface area (Å²) in [6.07, 6.45) is -1.37. The second-order valence-corrected chi connectivity index (χ2v) is 4.40. The van der Waals surface area contributed by atoms with Crippen molar-refractivity contribution in [3.05, 3.63) is 48.4 Å². The van der Waals surface area contributed by atoms with Gasteiger partial charge in [-0.2, -0.15) is 13.2 Å². The highest BCUT2D eigenvalue weighted by molar-refractivity contribution is 5.95. The lowest BCUT2D eigenvalue weighted by atomic mass is 10.0. The minimum Gasteiger partial charge on any atom is -0.368 e. The molecular weight excluding hydrogens is 281 g/mol. The van der Waals surface area contributed by atoms with Gasteiger partial charge < -0.3 is 5.73 Å². The molecule has 0 amide bonds. The molecule has 2 heterocycles. The highest BCUT2D eigenvalue weighted by Crippen LogP contribution is 2.32. The molecule has 4 nitrogen and oxygen atoms in total. The topological polar surface area (TPSA) is 64.7 Å². The van der Waals surface area contributed by atoms with Gasteiger partial charge in [0.2, 0.25) is 5.95 Å². The van der Waals surface area contributed by atoms with Gasteiger partial charge in [0, 0.05) is 23.3 Å². The minimum absolute atomic E-state index is 0.131. The van der Waals surface area contributed by atoms with Crippen LogP contribution in [0.15, 0.2) is 42.7 Å². The number of rotatable bonds is 1. The Bertz CT molecular complexity index is 809. The number of nitrogens with two attached hydrogens (primary N) is 1. The fraction of sp³-hybridized carbons (Fsp3) is 0.0714. The molecule has 106 valence electrons. The molecule has 0 atom stereocenters. The lowest BCUT2D eigenvalue weighted by molar-refractivity contribution is -0.141. The number of nitrogen functional groups attached to an aromatic ring is 1. The van der Waals surface area contributed by atoms with Crippen molar-refractivity contribution < 1.29 is 13.2 Å². The van der Waals surface area contributed by atoms with Crippen LogP contribution in [0.5, 0.6) is 0 Å². The molecule has 0 saturated carbocycles. The lowest BCUT2D eigenvalue weighted by Crippen LogP contribution is -2.11. The van der Waals surface area contributed by atoms with Gasteiger partial charge in [-0.1, -0.05) is 18.2 Å². The van der Waals surface area contributed by atoms with Crippen LogP contribution in [0.3, 0.4) is 0 Å². The van der Waals surface area contributed by atoms with E-state index in [1.807, 2.05) is 6.07 Å². The highest BCUT2D eigenvalue weighted by Gasteiger charge is 2.33. The van der Waals surface area contributed by atoms with Gasteiger partial charge >= 0.3 is 6.18 Å². The molecule has 0 aliphatic rings. The van der Waals surface area contributed by atoms with Crippen LogP contribution in [0.4, 0.5) is 19.1 Å². The van der Waals surface area contributed by atoms with E-state index in [2.05, 4.69) is 15.0 Å². The molecule has 0 fully saturated rings. The average Bonchev–Trinajstić information content (AvgIpc) is 2.45. The SMILES string of the molecule is Nc1nc(-c2cccc3cnccc23)cc(C(F)(F)F)n1. The molecule has 0 bridgehead atoms. The molecule has 2 aromatic heterocycles. The lowest BCUT2D eigenvalue weighted by Gasteiger charge is -2.10. The molecule has 2 N–H and O–H groups in total. The summed E-state index contributed by atoms with van der Waals surface area (Å²) in [6.45, 7) is 0. The zero-order chi connectivity index (χ0) is 15.0. The van der Waals surface area contributed by atoms with Gasteiger partial charge in [0.1, 0.15) is 0 Å². The van der Waals surface area contributed by atoms with Gasteiger partial charge in [-0.15, -0.1) is 0 Å². The summed E-state index contributed by atoms with van der Waals surface area (Å²) in [7, 11) is 0. The van der Waals surface area contributed by atoms with Crippen LogP contribution in [-0.2, 0) is 6.18 Å². The molecule has 0 spiro atoms. The van der Waals surface area contributed by atoms with Crippen molar-refractivity contribution in [2.24, 2.45) is 0 Å². The molecule has 0 aliphatic carbocycles. The van der Waals surface area contributed by atoms with E-state index in [9.17, 15) is 13.2 Å². The van der Waals surface area contributed by atoms with Gasteiger partial charge in [0.15, 0.2) is 5.69 Å². The van der Waals surface area contributed by atoms with Crippen LogP contribution >= 0.6 is 0 Å². The van der Waals surface area contributed by atoms with E-state index in [0.717, 1.165) is 16.8 Å². The van der Waals surface area contributed by atoms with Gasteiger partial charge in [-0.25, -0.2) is 9.97 Å². The third-order valence-corrected chi connectivity index (χ3v) is 2.99. The van der Waals surface area contributed by atoms with Crippen LogP contribution in [0, 0.1) is 0 Å². The second-order valence-electron chi connectivity index (χ2n) is 4.40. The fourth-order valence-electron chi connectivity index (χ4n) is 2.09. The second kappa shape index (κ2) is 4.69. The zero-order valence-electron chi connectivity index (χ0n) is 10.6. The summed E-state index contributed by atoms with van der Waals surface area (Å²) in [4.78, 5) is 11.1. The summed E-state index contributed by atoms with van der Waals surface area (Å²) in [5, 5.41) is 1.56. The maximum Gasteiger partial charge on any atom is 0.433 e. The summed E-state index contributed by atoms with van der Waals surface area (Å²) in [5.41, 5.74) is 5.03. The molecule has 3 rings (SSSR count). The van der Waals surface area contributed by atoms with Crippen molar-refractivity contribution in [3.8, 4) is 11.3 Å². The Morgan fingerprint density at radius 1 is 1.05 bits per heavy atom. The van der Waals surface area contributed by atoms with Crippen molar-refractivity contribution in [3.63, 3.8) is 0 Å². The van der Waals surface area contributed by atoms with E-state index < -0.39 is 17.8 Å². The molecule has 1 aromatic carbocycles. The maximum atomic E-state index is 12.8. The summed E-state index contributed by atoms with van der Waals surface area (Å²) in [6, 6.07) is 7.85. The van der Waals surface area contributed by atoms with E-state index in [1.54, 1.807) is 30.6 Å². The Morgan fingerprint density at radius 2 is 1.86 bits per heavy atom. The van der Waals surface area contributed by atoms with Crippen molar-refractivity contribution in [1.29, 1.82) is 0 Å². The van der Waals surface area contributed by atoms with Gasteiger partial charge in [0.05, 0.1) is 5.69 Å². The van der Waals surface area contributed by atoms with E-state index >= 15 is 0 Å². The first-order valence-corrected chi connectivity index (χ1v) is 6.00. The van der Waals surface area contributed by atoms with Crippen LogP contribution in [-0.4, -0.2) is 15.0 Å².